The molecule has 0 atom stereocenters. The van der Waals surface area contributed by atoms with E-state index in [1.165, 1.54) is 77.0 Å². The minimum atomic E-state index is -0.463. The molecule has 0 aromatic heterocycles. The SMILES string of the molecule is CCCCCCCC1CCC(C2CCC(OC(=O)OCCC)CC2)CC1. The van der Waals surface area contributed by atoms with Crippen LogP contribution >= 0.6 is 0 Å². The van der Waals surface area contributed by atoms with E-state index in [4.69, 9.17) is 9.47 Å². The summed E-state index contributed by atoms with van der Waals surface area (Å²) in [4.78, 5) is 11.6. The van der Waals surface area contributed by atoms with E-state index in [9.17, 15) is 4.79 Å². The third-order valence-electron chi connectivity index (χ3n) is 6.68. The summed E-state index contributed by atoms with van der Waals surface area (Å²) in [6.07, 6.45) is 19.4. The molecule has 3 nitrogen and oxygen atoms in total. The first-order valence-electron chi connectivity index (χ1n) is 11.6. The summed E-state index contributed by atoms with van der Waals surface area (Å²) in [6, 6.07) is 0. The Balaban J connectivity index is 1.56. The second-order valence-corrected chi connectivity index (χ2v) is 8.74. The summed E-state index contributed by atoms with van der Waals surface area (Å²) in [5, 5.41) is 0. The summed E-state index contributed by atoms with van der Waals surface area (Å²) < 4.78 is 10.5. The topological polar surface area (TPSA) is 35.5 Å². The Kier molecular flexibility index (Phi) is 10.5. The van der Waals surface area contributed by atoms with Crippen molar-refractivity contribution in [2.45, 2.75) is 116 Å². The van der Waals surface area contributed by atoms with E-state index in [0.717, 1.165) is 37.0 Å². The van der Waals surface area contributed by atoms with Crippen molar-refractivity contribution in [1.82, 2.24) is 0 Å². The molecule has 0 aromatic rings. The average Bonchev–Trinajstić information content (AvgIpc) is 2.67. The van der Waals surface area contributed by atoms with Crippen molar-refractivity contribution in [2.24, 2.45) is 17.8 Å². The minimum Gasteiger partial charge on any atom is -0.434 e. The van der Waals surface area contributed by atoms with Crippen molar-refractivity contribution >= 4 is 6.16 Å². The first-order valence-corrected chi connectivity index (χ1v) is 11.6. The van der Waals surface area contributed by atoms with Crippen LogP contribution in [0.4, 0.5) is 4.79 Å². The van der Waals surface area contributed by atoms with Crippen LogP contribution in [0, 0.1) is 17.8 Å². The lowest BCUT2D eigenvalue weighted by molar-refractivity contribution is -0.000377. The van der Waals surface area contributed by atoms with Crippen molar-refractivity contribution < 1.29 is 14.3 Å². The maximum absolute atomic E-state index is 11.6. The molecule has 0 saturated heterocycles. The molecule has 0 aromatic carbocycles. The smallest absolute Gasteiger partial charge is 0.434 e. The molecule has 2 aliphatic carbocycles. The van der Waals surface area contributed by atoms with Gasteiger partial charge in [-0.15, -0.1) is 0 Å². The Morgan fingerprint density at radius 3 is 2.00 bits per heavy atom. The summed E-state index contributed by atoms with van der Waals surface area (Å²) in [5.74, 6) is 2.80. The molecule has 0 heterocycles. The van der Waals surface area contributed by atoms with Gasteiger partial charge in [-0.1, -0.05) is 65.2 Å². The number of rotatable bonds is 10. The predicted molar refractivity (Wildman–Crippen MR) is 107 cm³/mol. The molecule has 2 rings (SSSR count). The highest BCUT2D eigenvalue weighted by atomic mass is 16.7. The minimum absolute atomic E-state index is 0.0927. The highest BCUT2D eigenvalue weighted by molar-refractivity contribution is 5.60. The fourth-order valence-corrected chi connectivity index (χ4v) is 5.02. The van der Waals surface area contributed by atoms with Gasteiger partial charge in [0, 0.05) is 0 Å². The van der Waals surface area contributed by atoms with E-state index in [1.54, 1.807) is 0 Å². The Morgan fingerprint density at radius 1 is 0.769 bits per heavy atom. The molecule has 0 spiro atoms. The Hall–Kier alpha value is -0.730. The Bertz CT molecular complexity index is 366. The number of carbonyl (C=O) groups excluding carboxylic acids is 1. The standard InChI is InChI=1S/C23H42O3/c1-3-5-6-7-8-9-19-10-12-20(13-11-19)21-14-16-22(17-15-21)26-23(24)25-18-4-2/h19-22H,3-18H2,1-2H3. The fraction of sp³-hybridized carbons (Fsp3) is 0.957. The Labute approximate surface area is 161 Å². The monoisotopic (exact) mass is 366 g/mol. The predicted octanol–water partition coefficient (Wildman–Crippen LogP) is 7.28. The number of ether oxygens (including phenoxy) is 2. The molecule has 0 aliphatic heterocycles. The zero-order chi connectivity index (χ0) is 18.6. The molecule has 2 saturated carbocycles. The van der Waals surface area contributed by atoms with Gasteiger partial charge in [0.15, 0.2) is 0 Å². The van der Waals surface area contributed by atoms with Crippen LogP contribution in [0.3, 0.4) is 0 Å². The summed E-state index contributed by atoms with van der Waals surface area (Å²) >= 11 is 0. The summed E-state index contributed by atoms with van der Waals surface area (Å²) in [6.45, 7) is 4.76. The first-order chi connectivity index (χ1) is 12.7. The highest BCUT2D eigenvalue weighted by Gasteiger charge is 2.32. The van der Waals surface area contributed by atoms with Gasteiger partial charge in [0.2, 0.25) is 0 Å². The zero-order valence-corrected chi connectivity index (χ0v) is 17.3. The van der Waals surface area contributed by atoms with Gasteiger partial charge in [-0.05, 0) is 62.7 Å². The molecule has 3 heteroatoms. The molecular weight excluding hydrogens is 324 g/mol. The number of unbranched alkanes of at least 4 members (excludes halogenated alkanes) is 4. The second kappa shape index (κ2) is 12.6. The Morgan fingerprint density at radius 2 is 1.38 bits per heavy atom. The van der Waals surface area contributed by atoms with Gasteiger partial charge in [-0.25, -0.2) is 4.79 Å². The largest absolute Gasteiger partial charge is 0.508 e. The average molecular weight is 367 g/mol. The normalized spacial score (nSPS) is 29.3. The van der Waals surface area contributed by atoms with Crippen molar-refractivity contribution in [3.63, 3.8) is 0 Å². The number of hydrogen-bond acceptors (Lipinski definition) is 3. The van der Waals surface area contributed by atoms with Crippen LogP contribution in [0.25, 0.3) is 0 Å². The molecule has 0 bridgehead atoms. The van der Waals surface area contributed by atoms with Crippen LogP contribution in [-0.4, -0.2) is 18.9 Å². The zero-order valence-electron chi connectivity index (χ0n) is 17.3. The van der Waals surface area contributed by atoms with E-state index in [-0.39, 0.29) is 6.10 Å². The molecule has 152 valence electrons. The van der Waals surface area contributed by atoms with Crippen LogP contribution < -0.4 is 0 Å². The van der Waals surface area contributed by atoms with Gasteiger partial charge in [-0.2, -0.15) is 0 Å². The van der Waals surface area contributed by atoms with Gasteiger partial charge in [0.05, 0.1) is 6.61 Å². The van der Waals surface area contributed by atoms with Crippen molar-refractivity contribution in [2.75, 3.05) is 6.61 Å². The van der Waals surface area contributed by atoms with Crippen molar-refractivity contribution in [3.05, 3.63) is 0 Å². The summed E-state index contributed by atoms with van der Waals surface area (Å²) in [5.41, 5.74) is 0. The van der Waals surface area contributed by atoms with Crippen LogP contribution in [-0.2, 0) is 9.47 Å². The molecule has 2 fully saturated rings. The van der Waals surface area contributed by atoms with Crippen LogP contribution in [0.1, 0.15) is 110 Å². The van der Waals surface area contributed by atoms with Gasteiger partial charge >= 0.3 is 6.16 Å². The lowest BCUT2D eigenvalue weighted by Gasteiger charge is -2.37. The quantitative estimate of drug-likeness (QED) is 0.301. The maximum atomic E-state index is 11.6. The molecule has 0 amide bonds. The molecule has 0 radical (unpaired) electrons. The van der Waals surface area contributed by atoms with Crippen molar-refractivity contribution in [1.29, 1.82) is 0 Å². The lowest BCUT2D eigenvalue weighted by atomic mass is 9.70. The van der Waals surface area contributed by atoms with E-state index in [1.807, 2.05) is 6.92 Å². The lowest BCUT2D eigenvalue weighted by Crippen LogP contribution is -2.30. The summed E-state index contributed by atoms with van der Waals surface area (Å²) in [7, 11) is 0. The molecule has 2 aliphatic rings. The van der Waals surface area contributed by atoms with Crippen LogP contribution in [0.5, 0.6) is 0 Å². The third-order valence-corrected chi connectivity index (χ3v) is 6.68. The van der Waals surface area contributed by atoms with Gasteiger partial charge in [0.1, 0.15) is 6.10 Å². The highest BCUT2D eigenvalue weighted by Crippen LogP contribution is 2.41. The fourth-order valence-electron chi connectivity index (χ4n) is 5.02. The van der Waals surface area contributed by atoms with Crippen LogP contribution in [0.15, 0.2) is 0 Å². The van der Waals surface area contributed by atoms with Gasteiger partial charge in [0.25, 0.3) is 0 Å². The molecule has 0 unspecified atom stereocenters. The molecule has 26 heavy (non-hydrogen) atoms. The van der Waals surface area contributed by atoms with Gasteiger partial charge in [-0.3, -0.25) is 0 Å². The van der Waals surface area contributed by atoms with Gasteiger partial charge < -0.3 is 9.47 Å². The van der Waals surface area contributed by atoms with E-state index in [0.29, 0.717) is 6.61 Å². The molecule has 0 N–H and O–H groups in total. The van der Waals surface area contributed by atoms with E-state index < -0.39 is 6.16 Å². The van der Waals surface area contributed by atoms with E-state index >= 15 is 0 Å². The first kappa shape index (κ1) is 21.6. The number of hydrogen-bond donors (Lipinski definition) is 0. The van der Waals surface area contributed by atoms with Crippen molar-refractivity contribution in [3.8, 4) is 0 Å². The second-order valence-electron chi connectivity index (χ2n) is 8.74. The van der Waals surface area contributed by atoms with E-state index in [2.05, 4.69) is 6.92 Å². The number of carbonyl (C=O) groups is 1. The molecular formula is C23H42O3. The van der Waals surface area contributed by atoms with Crippen LogP contribution in [0.2, 0.25) is 0 Å². The maximum Gasteiger partial charge on any atom is 0.508 e. The third kappa shape index (κ3) is 7.88.